The zero-order chi connectivity index (χ0) is 18.6. The Morgan fingerprint density at radius 1 is 1.24 bits per heavy atom. The first-order valence-corrected chi connectivity index (χ1v) is 9.56. The number of aryl methyl sites for hydroxylation is 1. The van der Waals surface area contributed by atoms with E-state index < -0.39 is 0 Å². The average Bonchev–Trinajstić information content (AvgIpc) is 2.59. The van der Waals surface area contributed by atoms with Crippen molar-refractivity contribution in [2.75, 3.05) is 20.2 Å². The van der Waals surface area contributed by atoms with Crippen LogP contribution in [0.2, 0.25) is 5.02 Å². The second-order valence-electron chi connectivity index (χ2n) is 8.09. The van der Waals surface area contributed by atoms with E-state index >= 15 is 0 Å². The molecule has 1 aliphatic rings. The fraction of sp³-hybridized carbons (Fsp3) is 0.545. The lowest BCUT2D eigenvalue weighted by Crippen LogP contribution is -2.33. The highest BCUT2D eigenvalue weighted by molar-refractivity contribution is 6.30. The first kappa shape index (κ1) is 19.9. The second-order valence-corrected chi connectivity index (χ2v) is 8.53. The van der Waals surface area contributed by atoms with Crippen molar-refractivity contribution >= 4 is 11.6 Å². The van der Waals surface area contributed by atoms with E-state index in [4.69, 9.17) is 16.3 Å². The van der Waals surface area contributed by atoms with Crippen molar-refractivity contribution in [1.82, 2.24) is 4.90 Å². The molecule has 0 unspecified atom stereocenters. The highest BCUT2D eigenvalue weighted by atomic mass is 35.5. The van der Waals surface area contributed by atoms with Crippen LogP contribution >= 0.6 is 11.6 Å². The first-order chi connectivity index (χ1) is 11.7. The molecular weight excluding hydrogens is 330 g/mol. The molecule has 1 aliphatic heterocycles. The van der Waals surface area contributed by atoms with Crippen LogP contribution in [0.25, 0.3) is 0 Å². The van der Waals surface area contributed by atoms with Gasteiger partial charge in [0.25, 0.3) is 0 Å². The monoisotopic (exact) mass is 361 g/mol. The number of halogens is 1. The van der Waals surface area contributed by atoms with Crippen LogP contribution in [0.4, 0.5) is 0 Å². The Labute approximate surface area is 158 Å². The van der Waals surface area contributed by atoms with Gasteiger partial charge in [0.05, 0.1) is 12.8 Å². The molecule has 25 heavy (non-hydrogen) atoms. The minimum absolute atomic E-state index is 0.127. The number of nitrogens with zero attached hydrogens (tertiary/aromatic N) is 1. The van der Waals surface area contributed by atoms with Crippen molar-refractivity contribution in [1.29, 1.82) is 0 Å². The normalized spacial score (nSPS) is 16.0. The summed E-state index contributed by atoms with van der Waals surface area (Å²) < 4.78 is 5.21. The largest absolute Gasteiger partial charge is 0.495 e. The van der Waals surface area contributed by atoms with E-state index in [0.717, 1.165) is 36.1 Å². The lowest BCUT2D eigenvalue weighted by atomic mass is 9.81. The van der Waals surface area contributed by atoms with Crippen LogP contribution in [0.1, 0.15) is 51.2 Å². The molecule has 138 valence electrons. The fourth-order valence-electron chi connectivity index (χ4n) is 3.61. The van der Waals surface area contributed by atoms with Crippen LogP contribution < -0.4 is 0 Å². The third kappa shape index (κ3) is 5.28. The summed E-state index contributed by atoms with van der Waals surface area (Å²) in [4.78, 5) is 2.30. The number of ether oxygens (including phenoxy) is 1. The zero-order valence-corrected chi connectivity index (χ0v) is 17.0. The molecule has 0 N–H and O–H groups in total. The van der Waals surface area contributed by atoms with Crippen molar-refractivity contribution in [3.05, 3.63) is 59.0 Å². The lowest BCUT2D eigenvalue weighted by molar-refractivity contribution is 0.198. The van der Waals surface area contributed by atoms with Crippen LogP contribution in [0.15, 0.2) is 42.8 Å². The van der Waals surface area contributed by atoms with Crippen LogP contribution in [-0.4, -0.2) is 25.1 Å². The summed E-state index contributed by atoms with van der Waals surface area (Å²) in [7, 11) is 1.65. The van der Waals surface area contributed by atoms with Gasteiger partial charge in [0.1, 0.15) is 5.76 Å². The van der Waals surface area contributed by atoms with Gasteiger partial charge in [0, 0.05) is 18.1 Å². The summed E-state index contributed by atoms with van der Waals surface area (Å²) in [5, 5.41) is 0.832. The van der Waals surface area contributed by atoms with Gasteiger partial charge in [0.15, 0.2) is 0 Å². The maximum Gasteiger partial charge on any atom is 0.134 e. The topological polar surface area (TPSA) is 12.5 Å². The molecule has 0 saturated carbocycles. The average molecular weight is 362 g/mol. The lowest BCUT2D eigenvalue weighted by Gasteiger charge is -2.35. The van der Waals surface area contributed by atoms with Gasteiger partial charge < -0.3 is 9.64 Å². The first-order valence-electron chi connectivity index (χ1n) is 9.18. The van der Waals surface area contributed by atoms with E-state index in [-0.39, 0.29) is 5.41 Å². The van der Waals surface area contributed by atoms with E-state index in [1.807, 2.05) is 6.07 Å². The van der Waals surface area contributed by atoms with Gasteiger partial charge >= 0.3 is 0 Å². The maximum absolute atomic E-state index is 6.22. The predicted octanol–water partition coefficient (Wildman–Crippen LogP) is 5.96. The molecule has 0 aliphatic carbocycles. The molecule has 1 fully saturated rings. The molecule has 3 heteroatoms. The quantitative estimate of drug-likeness (QED) is 0.458. The minimum Gasteiger partial charge on any atom is -0.495 e. The SMILES string of the molecule is C=C(OC)C(=C)N1CCC(CCc2ccc(Cl)cc2C(C)(C)C)CC1. The molecule has 0 amide bonds. The number of methoxy groups -OCH3 is 1. The van der Waals surface area contributed by atoms with E-state index in [9.17, 15) is 0 Å². The Morgan fingerprint density at radius 2 is 1.88 bits per heavy atom. The fourth-order valence-corrected chi connectivity index (χ4v) is 3.78. The van der Waals surface area contributed by atoms with Crippen molar-refractivity contribution in [2.24, 2.45) is 5.92 Å². The Kier molecular flexibility index (Phi) is 6.62. The summed E-state index contributed by atoms with van der Waals surface area (Å²) in [6.07, 6.45) is 4.76. The van der Waals surface area contributed by atoms with Gasteiger partial charge in [-0.3, -0.25) is 0 Å². The molecule has 1 aromatic carbocycles. The Hall–Kier alpha value is -1.41. The third-order valence-corrected chi connectivity index (χ3v) is 5.50. The molecule has 2 nitrogen and oxygen atoms in total. The van der Waals surface area contributed by atoms with Crippen LogP contribution in [0.5, 0.6) is 0 Å². The zero-order valence-electron chi connectivity index (χ0n) is 16.2. The van der Waals surface area contributed by atoms with Crippen molar-refractivity contribution in [2.45, 2.75) is 51.9 Å². The summed E-state index contributed by atoms with van der Waals surface area (Å²) in [5.41, 5.74) is 3.87. The molecule has 0 radical (unpaired) electrons. The van der Waals surface area contributed by atoms with Crippen molar-refractivity contribution in [3.63, 3.8) is 0 Å². The summed E-state index contributed by atoms with van der Waals surface area (Å²) in [6.45, 7) is 16.9. The minimum atomic E-state index is 0.127. The van der Waals surface area contributed by atoms with Crippen molar-refractivity contribution < 1.29 is 4.74 Å². The van der Waals surface area contributed by atoms with Crippen LogP contribution in [-0.2, 0) is 16.6 Å². The van der Waals surface area contributed by atoms with Crippen LogP contribution in [0, 0.1) is 5.92 Å². The van der Waals surface area contributed by atoms with Gasteiger partial charge in [-0.15, -0.1) is 0 Å². The van der Waals surface area contributed by atoms with Crippen LogP contribution in [0.3, 0.4) is 0 Å². The van der Waals surface area contributed by atoms with Crippen molar-refractivity contribution in [3.8, 4) is 0 Å². The van der Waals surface area contributed by atoms with Gasteiger partial charge in [-0.1, -0.05) is 51.6 Å². The number of hydrogen-bond donors (Lipinski definition) is 0. The molecule has 0 aromatic heterocycles. The molecule has 0 atom stereocenters. The number of piperidine rings is 1. The number of rotatable bonds is 6. The summed E-state index contributed by atoms with van der Waals surface area (Å²) in [6, 6.07) is 6.37. The van der Waals surface area contributed by atoms with E-state index in [1.165, 1.54) is 30.4 Å². The number of likely N-dealkylation sites (tertiary alicyclic amines) is 1. The molecule has 1 saturated heterocycles. The summed E-state index contributed by atoms with van der Waals surface area (Å²) in [5.74, 6) is 1.44. The van der Waals surface area contributed by atoms with E-state index in [2.05, 4.69) is 51.0 Å². The highest BCUT2D eigenvalue weighted by Gasteiger charge is 2.23. The number of benzene rings is 1. The molecular formula is C22H32ClNO. The Bertz CT molecular complexity index is 621. The van der Waals surface area contributed by atoms with Gasteiger partial charge in [-0.25, -0.2) is 0 Å². The molecule has 0 spiro atoms. The van der Waals surface area contributed by atoms with Gasteiger partial charge in [-0.2, -0.15) is 0 Å². The van der Waals surface area contributed by atoms with Gasteiger partial charge in [-0.05, 0) is 60.3 Å². The predicted molar refractivity (Wildman–Crippen MR) is 108 cm³/mol. The molecule has 0 bridgehead atoms. The third-order valence-electron chi connectivity index (χ3n) is 5.27. The molecule has 2 rings (SSSR count). The smallest absolute Gasteiger partial charge is 0.134 e. The number of hydrogen-bond acceptors (Lipinski definition) is 2. The van der Waals surface area contributed by atoms with E-state index in [1.54, 1.807) is 7.11 Å². The Balaban J connectivity index is 1.92. The summed E-state index contributed by atoms with van der Waals surface area (Å²) >= 11 is 6.22. The molecule has 1 heterocycles. The highest BCUT2D eigenvalue weighted by Crippen LogP contribution is 2.31. The second kappa shape index (κ2) is 8.31. The Morgan fingerprint density at radius 3 is 2.44 bits per heavy atom. The standard InChI is InChI=1S/C22H32ClNO/c1-16(17(2)25-6)24-13-11-18(12-14-24)7-8-19-9-10-20(23)15-21(19)22(3,4)5/h9-10,15,18H,1-2,7-8,11-14H2,3-6H3. The van der Waals surface area contributed by atoms with E-state index in [0.29, 0.717) is 5.76 Å². The maximum atomic E-state index is 6.22. The molecule has 1 aromatic rings. The van der Waals surface area contributed by atoms with Gasteiger partial charge in [0.2, 0.25) is 0 Å².